The molecule has 1 heterocycles. The molecule has 0 radical (unpaired) electrons. The van der Waals surface area contributed by atoms with Crippen LogP contribution >= 0.6 is 0 Å². The summed E-state index contributed by atoms with van der Waals surface area (Å²) in [5, 5.41) is 0. The predicted octanol–water partition coefficient (Wildman–Crippen LogP) is 10.4. The average molecular weight is 456 g/mol. The highest BCUT2D eigenvalue weighted by atomic mass is 15.2. The van der Waals surface area contributed by atoms with Gasteiger partial charge >= 0.3 is 0 Å². The molecule has 1 aromatic rings. The first-order valence-electron chi connectivity index (χ1n) is 15.1. The SMILES string of the molecule is CCCCCCCCCCCCCCCCCCCC(CC)(c1ccccc1)N1CCCC1. The highest BCUT2D eigenvalue weighted by Gasteiger charge is 2.37. The summed E-state index contributed by atoms with van der Waals surface area (Å²) in [6, 6.07) is 11.4. The van der Waals surface area contributed by atoms with E-state index in [4.69, 9.17) is 0 Å². The maximum atomic E-state index is 2.81. The number of rotatable bonds is 21. The van der Waals surface area contributed by atoms with Gasteiger partial charge in [-0.25, -0.2) is 0 Å². The molecule has 1 aliphatic rings. The Balaban J connectivity index is 1.48. The largest absolute Gasteiger partial charge is 0.294 e. The number of hydrogen-bond donors (Lipinski definition) is 0. The maximum Gasteiger partial charge on any atom is 0.0458 e. The van der Waals surface area contributed by atoms with Gasteiger partial charge in [0.25, 0.3) is 0 Å². The van der Waals surface area contributed by atoms with Crippen LogP contribution in [0.25, 0.3) is 0 Å². The molecule has 0 spiro atoms. The Kier molecular flexibility index (Phi) is 15.9. The van der Waals surface area contributed by atoms with Gasteiger partial charge in [0.05, 0.1) is 0 Å². The zero-order valence-electron chi connectivity index (χ0n) is 22.6. The summed E-state index contributed by atoms with van der Waals surface area (Å²) in [4.78, 5) is 2.81. The number of hydrogen-bond acceptors (Lipinski definition) is 1. The lowest BCUT2D eigenvalue weighted by molar-refractivity contribution is 0.0951. The van der Waals surface area contributed by atoms with Crippen molar-refractivity contribution < 1.29 is 0 Å². The van der Waals surface area contributed by atoms with Crippen molar-refractivity contribution in [2.75, 3.05) is 13.1 Å². The molecule has 0 N–H and O–H groups in total. The van der Waals surface area contributed by atoms with Crippen LogP contribution in [-0.4, -0.2) is 18.0 Å². The van der Waals surface area contributed by atoms with Gasteiger partial charge in [0.1, 0.15) is 0 Å². The van der Waals surface area contributed by atoms with Crippen LogP contribution in [0.5, 0.6) is 0 Å². The summed E-state index contributed by atoms with van der Waals surface area (Å²) in [5.74, 6) is 0. The van der Waals surface area contributed by atoms with Crippen LogP contribution in [-0.2, 0) is 5.54 Å². The number of unbranched alkanes of at least 4 members (excludes halogenated alkanes) is 16. The first kappa shape index (κ1) is 28.4. The minimum atomic E-state index is 0.285. The van der Waals surface area contributed by atoms with E-state index < -0.39 is 0 Å². The van der Waals surface area contributed by atoms with Crippen molar-refractivity contribution in [1.82, 2.24) is 4.90 Å². The van der Waals surface area contributed by atoms with Gasteiger partial charge in [-0.1, -0.05) is 153 Å². The summed E-state index contributed by atoms with van der Waals surface area (Å²) >= 11 is 0. The normalized spacial score (nSPS) is 16.3. The fourth-order valence-electron chi connectivity index (χ4n) is 6.13. The second kappa shape index (κ2) is 18.5. The molecule has 0 aliphatic carbocycles. The lowest BCUT2D eigenvalue weighted by Crippen LogP contribution is -2.44. The smallest absolute Gasteiger partial charge is 0.0458 e. The third-order valence-corrected chi connectivity index (χ3v) is 8.30. The van der Waals surface area contributed by atoms with E-state index in [9.17, 15) is 0 Å². The Morgan fingerprint density at radius 2 is 1.00 bits per heavy atom. The van der Waals surface area contributed by atoms with Gasteiger partial charge in [0, 0.05) is 5.54 Å². The van der Waals surface area contributed by atoms with Crippen molar-refractivity contribution in [3.05, 3.63) is 35.9 Å². The first-order valence-corrected chi connectivity index (χ1v) is 15.1. The second-order valence-electron chi connectivity index (χ2n) is 10.9. The second-order valence-corrected chi connectivity index (χ2v) is 10.9. The minimum absolute atomic E-state index is 0.285. The first-order chi connectivity index (χ1) is 16.3. The van der Waals surface area contributed by atoms with E-state index in [1.807, 2.05) is 0 Å². The molecule has 1 unspecified atom stereocenters. The predicted molar refractivity (Wildman–Crippen MR) is 148 cm³/mol. The molecule has 1 heteroatoms. The Bertz CT molecular complexity index is 547. The zero-order valence-corrected chi connectivity index (χ0v) is 22.6. The molecule has 0 bridgehead atoms. The van der Waals surface area contributed by atoms with Crippen LogP contribution in [0.15, 0.2) is 30.3 Å². The molecule has 1 aromatic carbocycles. The third-order valence-electron chi connectivity index (χ3n) is 8.30. The Labute approximate surface area is 208 Å². The number of likely N-dealkylation sites (tertiary alicyclic amines) is 1. The molecule has 1 fully saturated rings. The molecule has 2 rings (SSSR count). The Hall–Kier alpha value is -0.820. The van der Waals surface area contributed by atoms with Crippen molar-refractivity contribution in [2.45, 2.75) is 154 Å². The van der Waals surface area contributed by atoms with E-state index in [0.29, 0.717) is 0 Å². The van der Waals surface area contributed by atoms with Gasteiger partial charge in [0.15, 0.2) is 0 Å². The maximum absolute atomic E-state index is 2.81. The molecule has 1 atom stereocenters. The van der Waals surface area contributed by atoms with E-state index in [1.54, 1.807) is 5.56 Å². The lowest BCUT2D eigenvalue weighted by atomic mass is 9.80. The van der Waals surface area contributed by atoms with Crippen molar-refractivity contribution >= 4 is 0 Å². The molecule has 190 valence electrons. The van der Waals surface area contributed by atoms with E-state index >= 15 is 0 Å². The van der Waals surface area contributed by atoms with Crippen LogP contribution in [0, 0.1) is 0 Å². The molecule has 1 saturated heterocycles. The van der Waals surface area contributed by atoms with Crippen LogP contribution < -0.4 is 0 Å². The molecular formula is C32H57N. The zero-order chi connectivity index (χ0) is 23.5. The summed E-state index contributed by atoms with van der Waals surface area (Å²) < 4.78 is 0. The molecule has 1 aliphatic heterocycles. The van der Waals surface area contributed by atoms with Crippen LogP contribution in [0.4, 0.5) is 0 Å². The van der Waals surface area contributed by atoms with E-state index in [0.717, 1.165) is 0 Å². The van der Waals surface area contributed by atoms with Crippen molar-refractivity contribution in [3.8, 4) is 0 Å². The lowest BCUT2D eigenvalue weighted by Gasteiger charge is -2.42. The number of nitrogens with zero attached hydrogens (tertiary/aromatic N) is 1. The average Bonchev–Trinajstić information content (AvgIpc) is 3.40. The van der Waals surface area contributed by atoms with Crippen molar-refractivity contribution in [2.24, 2.45) is 0 Å². The Morgan fingerprint density at radius 1 is 0.576 bits per heavy atom. The van der Waals surface area contributed by atoms with Crippen LogP contribution in [0.2, 0.25) is 0 Å². The third kappa shape index (κ3) is 11.0. The van der Waals surface area contributed by atoms with Crippen molar-refractivity contribution in [1.29, 1.82) is 0 Å². The van der Waals surface area contributed by atoms with Crippen LogP contribution in [0.3, 0.4) is 0 Å². The fraction of sp³-hybridized carbons (Fsp3) is 0.812. The summed E-state index contributed by atoms with van der Waals surface area (Å²) in [6.45, 7) is 7.31. The van der Waals surface area contributed by atoms with Crippen molar-refractivity contribution in [3.63, 3.8) is 0 Å². The topological polar surface area (TPSA) is 3.24 Å². The van der Waals surface area contributed by atoms with E-state index in [1.165, 1.54) is 148 Å². The molecule has 1 nitrogen and oxygen atoms in total. The van der Waals surface area contributed by atoms with Crippen LogP contribution in [0.1, 0.15) is 154 Å². The highest BCUT2D eigenvalue weighted by molar-refractivity contribution is 5.25. The number of benzene rings is 1. The fourth-order valence-corrected chi connectivity index (χ4v) is 6.13. The monoisotopic (exact) mass is 455 g/mol. The Morgan fingerprint density at radius 3 is 1.42 bits per heavy atom. The molecule has 0 aromatic heterocycles. The molecule has 33 heavy (non-hydrogen) atoms. The highest BCUT2D eigenvalue weighted by Crippen LogP contribution is 2.39. The molecular weight excluding hydrogens is 398 g/mol. The summed E-state index contributed by atoms with van der Waals surface area (Å²) in [5.41, 5.74) is 1.85. The quantitative estimate of drug-likeness (QED) is 0.167. The van der Waals surface area contributed by atoms with Gasteiger partial charge in [-0.05, 0) is 44.3 Å². The standard InChI is InChI=1S/C32H57N/c1-3-5-6-7-8-9-10-11-12-13-14-15-16-17-18-19-23-28-32(4-2,33-29-24-25-30-33)31-26-21-20-22-27-31/h20-22,26-27H,3-19,23-25,28-30H2,1-2H3. The summed E-state index contributed by atoms with van der Waals surface area (Å²) in [7, 11) is 0. The van der Waals surface area contributed by atoms with Gasteiger partial charge < -0.3 is 0 Å². The van der Waals surface area contributed by atoms with E-state index in [2.05, 4.69) is 49.1 Å². The van der Waals surface area contributed by atoms with E-state index in [-0.39, 0.29) is 5.54 Å². The van der Waals surface area contributed by atoms with Gasteiger partial charge in [-0.2, -0.15) is 0 Å². The van der Waals surface area contributed by atoms with Gasteiger partial charge in [-0.3, -0.25) is 4.90 Å². The molecule has 0 saturated carbocycles. The molecule has 0 amide bonds. The van der Waals surface area contributed by atoms with Gasteiger partial charge in [-0.15, -0.1) is 0 Å². The summed E-state index contributed by atoms with van der Waals surface area (Å²) in [6.07, 6.45) is 30.0. The van der Waals surface area contributed by atoms with Gasteiger partial charge in [0.2, 0.25) is 0 Å². The minimum Gasteiger partial charge on any atom is -0.294 e.